The molecule has 18 heavy (non-hydrogen) atoms. The first-order valence-corrected chi connectivity index (χ1v) is 7.12. The van der Waals surface area contributed by atoms with Crippen LogP contribution >= 0.6 is 11.3 Å². The molecule has 1 aliphatic rings. The van der Waals surface area contributed by atoms with Crippen LogP contribution in [0.3, 0.4) is 0 Å². The first-order valence-electron chi connectivity index (χ1n) is 6.24. The van der Waals surface area contributed by atoms with Gasteiger partial charge in [0, 0.05) is 18.0 Å². The number of carbonyl (C=O) groups excluding carboxylic acids is 2. The lowest BCUT2D eigenvalue weighted by molar-refractivity contribution is -0.138. The molecule has 1 saturated heterocycles. The van der Waals surface area contributed by atoms with Crippen LogP contribution in [0.15, 0.2) is 11.4 Å². The second-order valence-corrected chi connectivity index (χ2v) is 5.55. The van der Waals surface area contributed by atoms with Gasteiger partial charge in [0.15, 0.2) is 0 Å². The maximum absolute atomic E-state index is 12.0. The SMILES string of the molecule is CCCN1C(=O)CC(NCc2sccc2C)C1=O. The summed E-state index contributed by atoms with van der Waals surface area (Å²) >= 11 is 1.67. The lowest BCUT2D eigenvalue weighted by Crippen LogP contribution is -2.38. The van der Waals surface area contributed by atoms with Crippen LogP contribution < -0.4 is 5.32 Å². The number of nitrogens with zero attached hydrogens (tertiary/aromatic N) is 1. The summed E-state index contributed by atoms with van der Waals surface area (Å²) in [4.78, 5) is 26.3. The van der Waals surface area contributed by atoms with Crippen molar-refractivity contribution < 1.29 is 9.59 Å². The predicted octanol–water partition coefficient (Wildman–Crippen LogP) is 1.68. The monoisotopic (exact) mass is 266 g/mol. The van der Waals surface area contributed by atoms with E-state index in [0.717, 1.165) is 6.42 Å². The molecule has 1 N–H and O–H groups in total. The van der Waals surface area contributed by atoms with E-state index in [2.05, 4.69) is 18.3 Å². The molecule has 98 valence electrons. The fourth-order valence-corrected chi connectivity index (χ4v) is 2.96. The van der Waals surface area contributed by atoms with Crippen LogP contribution in [0.4, 0.5) is 0 Å². The van der Waals surface area contributed by atoms with E-state index in [4.69, 9.17) is 0 Å². The summed E-state index contributed by atoms with van der Waals surface area (Å²) in [5.41, 5.74) is 1.23. The van der Waals surface area contributed by atoms with Crippen molar-refractivity contribution in [2.45, 2.75) is 39.3 Å². The third kappa shape index (κ3) is 2.62. The number of thiophene rings is 1. The molecular weight excluding hydrogens is 248 g/mol. The van der Waals surface area contributed by atoms with Gasteiger partial charge in [0.05, 0.1) is 12.5 Å². The summed E-state index contributed by atoms with van der Waals surface area (Å²) in [6.45, 7) is 5.22. The van der Waals surface area contributed by atoms with Crippen molar-refractivity contribution in [1.82, 2.24) is 10.2 Å². The molecule has 2 amide bonds. The van der Waals surface area contributed by atoms with E-state index in [1.54, 1.807) is 11.3 Å². The molecule has 0 spiro atoms. The third-order valence-electron chi connectivity index (χ3n) is 3.17. The molecule has 4 nitrogen and oxygen atoms in total. The third-order valence-corrected chi connectivity index (χ3v) is 4.19. The van der Waals surface area contributed by atoms with Gasteiger partial charge in [-0.3, -0.25) is 14.5 Å². The molecular formula is C13H18N2O2S. The highest BCUT2D eigenvalue weighted by Gasteiger charge is 2.37. The highest BCUT2D eigenvalue weighted by Crippen LogP contribution is 2.18. The Morgan fingerprint density at radius 1 is 1.50 bits per heavy atom. The van der Waals surface area contributed by atoms with Crippen molar-refractivity contribution in [3.05, 3.63) is 21.9 Å². The highest BCUT2D eigenvalue weighted by atomic mass is 32.1. The topological polar surface area (TPSA) is 49.4 Å². The summed E-state index contributed by atoms with van der Waals surface area (Å²) in [5, 5.41) is 5.23. The minimum absolute atomic E-state index is 0.0535. The van der Waals surface area contributed by atoms with E-state index in [9.17, 15) is 9.59 Å². The van der Waals surface area contributed by atoms with E-state index in [1.807, 2.05) is 12.3 Å². The van der Waals surface area contributed by atoms with E-state index in [-0.39, 0.29) is 17.9 Å². The highest BCUT2D eigenvalue weighted by molar-refractivity contribution is 7.10. The van der Waals surface area contributed by atoms with E-state index >= 15 is 0 Å². The van der Waals surface area contributed by atoms with Crippen molar-refractivity contribution >= 4 is 23.2 Å². The molecule has 0 radical (unpaired) electrons. The minimum atomic E-state index is -0.342. The van der Waals surface area contributed by atoms with Gasteiger partial charge in [-0.15, -0.1) is 11.3 Å². The maximum atomic E-state index is 12.0. The zero-order valence-corrected chi connectivity index (χ0v) is 11.5. The van der Waals surface area contributed by atoms with Crippen LogP contribution in [0.5, 0.6) is 0 Å². The van der Waals surface area contributed by atoms with Crippen molar-refractivity contribution in [2.24, 2.45) is 0 Å². The summed E-state index contributed by atoms with van der Waals surface area (Å²) in [6.07, 6.45) is 1.11. The number of carbonyl (C=O) groups is 2. The van der Waals surface area contributed by atoms with E-state index in [0.29, 0.717) is 19.5 Å². The lowest BCUT2D eigenvalue weighted by atomic mass is 10.2. The van der Waals surface area contributed by atoms with Gasteiger partial charge in [-0.2, -0.15) is 0 Å². The Kier molecular flexibility index (Phi) is 4.14. The van der Waals surface area contributed by atoms with E-state index in [1.165, 1.54) is 15.3 Å². The second-order valence-electron chi connectivity index (χ2n) is 4.55. The molecule has 0 aliphatic carbocycles. The number of rotatable bonds is 5. The summed E-state index contributed by atoms with van der Waals surface area (Å²) in [6, 6.07) is 1.72. The number of amides is 2. The summed E-state index contributed by atoms with van der Waals surface area (Å²) < 4.78 is 0. The number of aryl methyl sites for hydroxylation is 1. The van der Waals surface area contributed by atoms with Crippen LogP contribution in [0.1, 0.15) is 30.2 Å². The molecule has 2 rings (SSSR count). The Bertz CT molecular complexity index is 456. The first-order chi connectivity index (χ1) is 8.63. The van der Waals surface area contributed by atoms with E-state index < -0.39 is 0 Å². The average molecular weight is 266 g/mol. The zero-order valence-electron chi connectivity index (χ0n) is 10.7. The number of nitrogens with one attached hydrogen (secondary N) is 1. The quantitative estimate of drug-likeness (QED) is 0.825. The Labute approximate surface area is 111 Å². The number of hydrogen-bond acceptors (Lipinski definition) is 4. The molecule has 1 aliphatic heterocycles. The van der Waals surface area contributed by atoms with Crippen molar-refractivity contribution in [3.63, 3.8) is 0 Å². The molecule has 1 unspecified atom stereocenters. The molecule has 0 saturated carbocycles. The smallest absolute Gasteiger partial charge is 0.246 e. The average Bonchev–Trinajstić information content (AvgIpc) is 2.86. The Balaban J connectivity index is 1.93. The molecule has 1 aromatic rings. The summed E-state index contributed by atoms with van der Waals surface area (Å²) in [5.74, 6) is -0.127. The minimum Gasteiger partial charge on any atom is -0.300 e. The van der Waals surface area contributed by atoms with Crippen molar-refractivity contribution in [3.8, 4) is 0 Å². The van der Waals surface area contributed by atoms with Gasteiger partial charge in [0.1, 0.15) is 0 Å². The Morgan fingerprint density at radius 2 is 2.28 bits per heavy atom. The van der Waals surface area contributed by atoms with Gasteiger partial charge < -0.3 is 5.32 Å². The standard InChI is InChI=1S/C13H18N2O2S/c1-3-5-15-12(16)7-10(13(15)17)14-8-11-9(2)4-6-18-11/h4,6,10,14H,3,5,7-8H2,1-2H3. The molecule has 1 atom stereocenters. The summed E-state index contributed by atoms with van der Waals surface area (Å²) in [7, 11) is 0. The van der Waals surface area contributed by atoms with Crippen LogP contribution in [0.25, 0.3) is 0 Å². The van der Waals surface area contributed by atoms with Gasteiger partial charge in [0.25, 0.3) is 0 Å². The molecule has 0 bridgehead atoms. The lowest BCUT2D eigenvalue weighted by Gasteiger charge is -2.14. The fourth-order valence-electron chi connectivity index (χ4n) is 2.10. The Hall–Kier alpha value is -1.20. The van der Waals surface area contributed by atoms with Crippen LogP contribution in [-0.4, -0.2) is 29.3 Å². The number of imide groups is 1. The van der Waals surface area contributed by atoms with Gasteiger partial charge >= 0.3 is 0 Å². The van der Waals surface area contributed by atoms with Crippen LogP contribution in [0, 0.1) is 6.92 Å². The van der Waals surface area contributed by atoms with Gasteiger partial charge in [-0.05, 0) is 30.4 Å². The van der Waals surface area contributed by atoms with Crippen LogP contribution in [-0.2, 0) is 16.1 Å². The van der Waals surface area contributed by atoms with Crippen molar-refractivity contribution in [2.75, 3.05) is 6.54 Å². The molecule has 5 heteroatoms. The van der Waals surface area contributed by atoms with Gasteiger partial charge in [-0.25, -0.2) is 0 Å². The van der Waals surface area contributed by atoms with Crippen LogP contribution in [0.2, 0.25) is 0 Å². The molecule has 1 aromatic heterocycles. The van der Waals surface area contributed by atoms with Gasteiger partial charge in [-0.1, -0.05) is 6.92 Å². The number of likely N-dealkylation sites (tertiary alicyclic amines) is 1. The number of hydrogen-bond donors (Lipinski definition) is 1. The zero-order chi connectivity index (χ0) is 13.1. The van der Waals surface area contributed by atoms with Gasteiger partial charge in [0.2, 0.25) is 11.8 Å². The predicted molar refractivity (Wildman–Crippen MR) is 71.3 cm³/mol. The Morgan fingerprint density at radius 3 is 2.89 bits per heavy atom. The second kappa shape index (κ2) is 5.63. The van der Waals surface area contributed by atoms with Crippen molar-refractivity contribution in [1.29, 1.82) is 0 Å². The molecule has 2 heterocycles. The first kappa shape index (κ1) is 13.2. The normalized spacial score (nSPS) is 19.9. The fraction of sp³-hybridized carbons (Fsp3) is 0.538. The maximum Gasteiger partial charge on any atom is 0.246 e. The largest absolute Gasteiger partial charge is 0.300 e. The molecule has 1 fully saturated rings. The molecule has 0 aromatic carbocycles.